The first-order chi connectivity index (χ1) is 10.8. The molecule has 1 aliphatic rings. The smallest absolute Gasteiger partial charge is 0.307 e. The number of nitrogens with one attached hydrogen (secondary N) is 2. The van der Waals surface area contributed by atoms with Crippen molar-refractivity contribution >= 4 is 17.8 Å². The second-order valence-corrected chi connectivity index (χ2v) is 5.85. The Hall–Kier alpha value is -2.57. The van der Waals surface area contributed by atoms with Gasteiger partial charge >= 0.3 is 5.97 Å². The highest BCUT2D eigenvalue weighted by atomic mass is 16.4. The first kappa shape index (κ1) is 16.8. The summed E-state index contributed by atoms with van der Waals surface area (Å²) in [6.07, 6.45) is 2.09. The Morgan fingerprint density at radius 2 is 1.70 bits per heavy atom. The van der Waals surface area contributed by atoms with Crippen LogP contribution in [0.25, 0.3) is 0 Å². The molecule has 1 aromatic heterocycles. The average Bonchev–Trinajstić information content (AvgIpc) is 2.92. The van der Waals surface area contributed by atoms with Gasteiger partial charge in [0.25, 0.3) is 5.91 Å². The standard InChI is InChI=1S/C16H20N2O5/c1-8-6-12(13(16(21)22)7-9(8)2)15(20)18-17-14(19)11-4-5-23-10(11)3/h4-5,12-13H,6-7H2,1-3H3,(H,17,19)(H,18,20)(H,21,22)/t12-,13-/m0/s1. The minimum Gasteiger partial charge on any atom is -0.481 e. The van der Waals surface area contributed by atoms with Crippen molar-refractivity contribution in [2.75, 3.05) is 0 Å². The summed E-state index contributed by atoms with van der Waals surface area (Å²) in [7, 11) is 0. The highest BCUT2D eigenvalue weighted by Gasteiger charge is 2.37. The predicted octanol–water partition coefficient (Wildman–Crippen LogP) is 1.80. The number of aryl methyl sites for hydroxylation is 1. The van der Waals surface area contributed by atoms with E-state index in [1.165, 1.54) is 12.3 Å². The van der Waals surface area contributed by atoms with E-state index in [2.05, 4.69) is 10.9 Å². The first-order valence-corrected chi connectivity index (χ1v) is 7.33. The average molecular weight is 320 g/mol. The monoisotopic (exact) mass is 320 g/mol. The number of carboxylic acid groups (broad SMARTS) is 1. The zero-order valence-corrected chi connectivity index (χ0v) is 13.3. The van der Waals surface area contributed by atoms with Gasteiger partial charge in [-0.05, 0) is 39.7 Å². The van der Waals surface area contributed by atoms with Gasteiger partial charge in [0.15, 0.2) is 0 Å². The second kappa shape index (κ2) is 6.68. The van der Waals surface area contributed by atoms with Crippen molar-refractivity contribution in [1.29, 1.82) is 0 Å². The van der Waals surface area contributed by atoms with Gasteiger partial charge in [-0.2, -0.15) is 0 Å². The Morgan fingerprint density at radius 3 is 2.22 bits per heavy atom. The fourth-order valence-electron chi connectivity index (χ4n) is 2.73. The number of furan rings is 1. The van der Waals surface area contributed by atoms with Crippen LogP contribution in [0.5, 0.6) is 0 Å². The molecule has 124 valence electrons. The summed E-state index contributed by atoms with van der Waals surface area (Å²) in [5, 5.41) is 9.32. The van der Waals surface area contributed by atoms with Crippen LogP contribution in [0, 0.1) is 18.8 Å². The molecule has 0 aliphatic heterocycles. The van der Waals surface area contributed by atoms with Gasteiger partial charge in [0.05, 0.1) is 23.7 Å². The molecule has 3 N–H and O–H groups in total. The van der Waals surface area contributed by atoms with Crippen LogP contribution in [-0.4, -0.2) is 22.9 Å². The number of aliphatic carboxylic acids is 1. The van der Waals surface area contributed by atoms with Crippen molar-refractivity contribution < 1.29 is 23.9 Å². The molecule has 1 heterocycles. The van der Waals surface area contributed by atoms with E-state index in [0.717, 1.165) is 11.1 Å². The van der Waals surface area contributed by atoms with E-state index in [1.54, 1.807) is 6.92 Å². The van der Waals surface area contributed by atoms with E-state index >= 15 is 0 Å². The molecular weight excluding hydrogens is 300 g/mol. The number of carbonyl (C=O) groups is 3. The summed E-state index contributed by atoms with van der Waals surface area (Å²) < 4.78 is 5.03. The quantitative estimate of drug-likeness (QED) is 0.581. The molecule has 2 rings (SSSR count). The fourth-order valence-corrected chi connectivity index (χ4v) is 2.73. The summed E-state index contributed by atoms with van der Waals surface area (Å²) in [4.78, 5) is 35.6. The van der Waals surface area contributed by atoms with E-state index in [9.17, 15) is 19.5 Å². The van der Waals surface area contributed by atoms with Gasteiger partial charge in [0.2, 0.25) is 5.91 Å². The predicted molar refractivity (Wildman–Crippen MR) is 81.3 cm³/mol. The largest absolute Gasteiger partial charge is 0.481 e. The van der Waals surface area contributed by atoms with Crippen molar-refractivity contribution in [3.8, 4) is 0 Å². The maximum Gasteiger partial charge on any atom is 0.307 e. The Kier molecular flexibility index (Phi) is 4.88. The number of amides is 2. The lowest BCUT2D eigenvalue weighted by Gasteiger charge is -2.29. The molecule has 1 aromatic rings. The molecule has 0 bridgehead atoms. The van der Waals surface area contributed by atoms with Crippen LogP contribution in [0.3, 0.4) is 0 Å². The zero-order chi connectivity index (χ0) is 17.1. The van der Waals surface area contributed by atoms with E-state index in [0.29, 0.717) is 24.2 Å². The van der Waals surface area contributed by atoms with Crippen molar-refractivity contribution in [1.82, 2.24) is 10.9 Å². The van der Waals surface area contributed by atoms with Crippen LogP contribution < -0.4 is 10.9 Å². The second-order valence-electron chi connectivity index (χ2n) is 5.85. The Balaban J connectivity index is 2.03. The van der Waals surface area contributed by atoms with Crippen LogP contribution in [0.4, 0.5) is 0 Å². The molecule has 0 radical (unpaired) electrons. The molecule has 0 aromatic carbocycles. The van der Waals surface area contributed by atoms with Gasteiger partial charge in [-0.25, -0.2) is 0 Å². The zero-order valence-electron chi connectivity index (χ0n) is 13.3. The molecule has 2 atom stereocenters. The van der Waals surface area contributed by atoms with Gasteiger partial charge in [0.1, 0.15) is 5.76 Å². The maximum atomic E-state index is 12.3. The SMILES string of the molecule is CC1=C(C)C[C@H](C(=O)NNC(=O)c2ccoc2C)[C@@H](C(=O)O)C1. The van der Waals surface area contributed by atoms with Crippen molar-refractivity contribution in [2.24, 2.45) is 11.8 Å². The third kappa shape index (κ3) is 3.61. The van der Waals surface area contributed by atoms with Gasteiger partial charge in [-0.15, -0.1) is 0 Å². The summed E-state index contributed by atoms with van der Waals surface area (Å²) in [6, 6.07) is 1.49. The Morgan fingerprint density at radius 1 is 1.09 bits per heavy atom. The molecule has 0 saturated carbocycles. The molecule has 7 nitrogen and oxygen atoms in total. The molecule has 7 heteroatoms. The summed E-state index contributed by atoms with van der Waals surface area (Å²) in [5.41, 5.74) is 6.95. The van der Waals surface area contributed by atoms with E-state index < -0.39 is 29.6 Å². The number of carboxylic acids is 1. The van der Waals surface area contributed by atoms with Crippen molar-refractivity contribution in [3.05, 3.63) is 34.8 Å². The lowest BCUT2D eigenvalue weighted by molar-refractivity contribution is -0.147. The Bertz CT molecular complexity index is 674. The van der Waals surface area contributed by atoms with Crippen LogP contribution in [0.2, 0.25) is 0 Å². The summed E-state index contributed by atoms with van der Waals surface area (Å²) >= 11 is 0. The highest BCUT2D eigenvalue weighted by molar-refractivity contribution is 5.96. The highest BCUT2D eigenvalue weighted by Crippen LogP contribution is 2.34. The summed E-state index contributed by atoms with van der Waals surface area (Å²) in [6.45, 7) is 5.40. The first-order valence-electron chi connectivity index (χ1n) is 7.33. The minimum atomic E-state index is -1.01. The fraction of sp³-hybridized carbons (Fsp3) is 0.438. The number of hydrogen-bond acceptors (Lipinski definition) is 4. The van der Waals surface area contributed by atoms with Crippen LogP contribution >= 0.6 is 0 Å². The molecule has 0 unspecified atom stereocenters. The minimum absolute atomic E-state index is 0.315. The van der Waals surface area contributed by atoms with E-state index in [1.807, 2.05) is 13.8 Å². The van der Waals surface area contributed by atoms with Crippen molar-refractivity contribution in [3.63, 3.8) is 0 Å². The number of allylic oxidation sites excluding steroid dienone is 2. The molecule has 2 amide bonds. The van der Waals surface area contributed by atoms with E-state index in [4.69, 9.17) is 4.42 Å². The third-order valence-electron chi connectivity index (χ3n) is 4.32. The van der Waals surface area contributed by atoms with Crippen LogP contribution in [0.1, 0.15) is 42.8 Å². The number of hydrogen-bond donors (Lipinski definition) is 3. The lowest BCUT2D eigenvalue weighted by Crippen LogP contribution is -2.48. The number of carbonyl (C=O) groups excluding carboxylic acids is 2. The topological polar surface area (TPSA) is 109 Å². The maximum absolute atomic E-state index is 12.3. The van der Waals surface area contributed by atoms with Gasteiger partial charge < -0.3 is 9.52 Å². The normalized spacial score (nSPS) is 21.0. The van der Waals surface area contributed by atoms with Crippen LogP contribution in [-0.2, 0) is 9.59 Å². The molecule has 1 aliphatic carbocycles. The third-order valence-corrected chi connectivity index (χ3v) is 4.32. The van der Waals surface area contributed by atoms with E-state index in [-0.39, 0.29) is 0 Å². The number of rotatable bonds is 3. The lowest BCUT2D eigenvalue weighted by atomic mass is 9.76. The molecule has 0 spiro atoms. The van der Waals surface area contributed by atoms with Gasteiger partial charge in [-0.1, -0.05) is 11.1 Å². The van der Waals surface area contributed by atoms with Gasteiger partial charge in [0, 0.05) is 0 Å². The molecule has 0 fully saturated rings. The number of hydrazine groups is 1. The Labute approximate surface area is 133 Å². The van der Waals surface area contributed by atoms with Crippen molar-refractivity contribution in [2.45, 2.75) is 33.6 Å². The van der Waals surface area contributed by atoms with Gasteiger partial charge in [-0.3, -0.25) is 25.2 Å². The summed E-state index contributed by atoms with van der Waals surface area (Å²) in [5.74, 6) is -3.07. The molecular formula is C16H20N2O5. The molecule has 23 heavy (non-hydrogen) atoms. The van der Waals surface area contributed by atoms with Crippen LogP contribution in [0.15, 0.2) is 27.9 Å². The molecule has 0 saturated heterocycles.